The third-order valence-corrected chi connectivity index (χ3v) is 5.06. The van der Waals surface area contributed by atoms with Gasteiger partial charge in [-0.2, -0.15) is 5.10 Å². The van der Waals surface area contributed by atoms with E-state index in [4.69, 9.17) is 0 Å². The molecule has 1 aliphatic heterocycles. The molecule has 29 heavy (non-hydrogen) atoms. The molecule has 1 aromatic heterocycles. The van der Waals surface area contributed by atoms with Crippen LogP contribution in [0.25, 0.3) is 0 Å². The Morgan fingerprint density at radius 2 is 1.66 bits per heavy atom. The van der Waals surface area contributed by atoms with Crippen LogP contribution < -0.4 is 5.56 Å². The number of aliphatic carboxylic acids is 1. The Morgan fingerprint density at radius 1 is 0.966 bits per heavy atom. The largest absolute Gasteiger partial charge is 0.480 e. The lowest BCUT2D eigenvalue weighted by Crippen LogP contribution is -2.49. The lowest BCUT2D eigenvalue weighted by Gasteiger charge is -2.34. The quantitative estimate of drug-likeness (QED) is 0.736. The molecule has 1 N–H and O–H groups in total. The van der Waals surface area contributed by atoms with Crippen LogP contribution in [0, 0.1) is 0 Å². The fourth-order valence-electron chi connectivity index (χ4n) is 3.54. The zero-order chi connectivity index (χ0) is 20.4. The van der Waals surface area contributed by atoms with Gasteiger partial charge in [-0.25, -0.2) is 9.48 Å². The molecule has 4 rings (SSSR count). The van der Waals surface area contributed by atoms with Gasteiger partial charge in [0.05, 0.1) is 6.54 Å². The van der Waals surface area contributed by atoms with Crippen molar-refractivity contribution in [3.8, 4) is 0 Å². The summed E-state index contributed by atoms with van der Waals surface area (Å²) in [5.41, 5.74) is 2.43. The van der Waals surface area contributed by atoms with Gasteiger partial charge in [0.1, 0.15) is 11.7 Å². The van der Waals surface area contributed by atoms with Crippen LogP contribution in [-0.4, -0.2) is 37.7 Å². The second-order valence-corrected chi connectivity index (χ2v) is 6.96. The molecule has 3 aromatic rings. The molecule has 0 aliphatic carbocycles. The molecule has 0 saturated heterocycles. The van der Waals surface area contributed by atoms with Crippen molar-refractivity contribution in [2.45, 2.75) is 25.6 Å². The fourth-order valence-corrected chi connectivity index (χ4v) is 3.54. The molecule has 2 heterocycles. The summed E-state index contributed by atoms with van der Waals surface area (Å²) in [6.07, 6.45) is 0.237. The van der Waals surface area contributed by atoms with Crippen LogP contribution in [0.1, 0.15) is 27.2 Å². The first-order valence-corrected chi connectivity index (χ1v) is 9.25. The van der Waals surface area contributed by atoms with Gasteiger partial charge in [-0.05, 0) is 22.8 Å². The second kappa shape index (κ2) is 7.71. The first-order chi connectivity index (χ1) is 14.0. The summed E-state index contributed by atoms with van der Waals surface area (Å²) in [6, 6.07) is 18.5. The van der Waals surface area contributed by atoms with Gasteiger partial charge in [-0.15, -0.1) is 0 Å². The Kier molecular flexibility index (Phi) is 4.95. The maximum atomic E-state index is 13.1. The first-order valence-electron chi connectivity index (χ1n) is 9.25. The van der Waals surface area contributed by atoms with E-state index in [2.05, 4.69) is 5.10 Å². The third-order valence-electron chi connectivity index (χ3n) is 5.06. The van der Waals surface area contributed by atoms with Crippen molar-refractivity contribution in [3.63, 3.8) is 0 Å². The zero-order valence-corrected chi connectivity index (χ0v) is 15.6. The second-order valence-electron chi connectivity index (χ2n) is 6.96. The average molecular weight is 389 g/mol. The Labute approximate surface area is 166 Å². The number of rotatable bonds is 4. The van der Waals surface area contributed by atoms with E-state index in [1.54, 1.807) is 0 Å². The van der Waals surface area contributed by atoms with E-state index in [9.17, 15) is 19.5 Å². The van der Waals surface area contributed by atoms with E-state index < -0.39 is 17.9 Å². The number of carboxylic acids is 1. The van der Waals surface area contributed by atoms with Crippen LogP contribution in [0.3, 0.4) is 0 Å². The predicted octanol–water partition coefficient (Wildman–Crippen LogP) is 1.94. The lowest BCUT2D eigenvalue weighted by atomic mass is 9.93. The van der Waals surface area contributed by atoms with Gasteiger partial charge in [0, 0.05) is 19.0 Å². The zero-order valence-electron chi connectivity index (χ0n) is 15.6. The van der Waals surface area contributed by atoms with E-state index in [1.165, 1.54) is 21.7 Å². The van der Waals surface area contributed by atoms with Crippen LogP contribution in [-0.2, 0) is 24.3 Å². The molecule has 1 atom stereocenters. The molecule has 1 aliphatic rings. The average Bonchev–Trinajstić information content (AvgIpc) is 2.74. The highest BCUT2D eigenvalue weighted by molar-refractivity contribution is 5.95. The molecule has 0 bridgehead atoms. The number of nitrogens with zero attached hydrogens (tertiary/aromatic N) is 3. The number of hydrogen-bond acceptors (Lipinski definition) is 4. The third kappa shape index (κ3) is 3.80. The molecular formula is C22H19N3O4. The highest BCUT2D eigenvalue weighted by Gasteiger charge is 2.35. The molecule has 146 valence electrons. The summed E-state index contributed by atoms with van der Waals surface area (Å²) in [5.74, 6) is -1.57. The SMILES string of the molecule is O=C(O)C1Cc2ccccc2CN1C(=O)c1ccc(=O)n(Cc2ccccc2)n1. The van der Waals surface area contributed by atoms with Gasteiger partial charge in [-0.1, -0.05) is 54.6 Å². The summed E-state index contributed by atoms with van der Waals surface area (Å²) < 4.78 is 1.22. The summed E-state index contributed by atoms with van der Waals surface area (Å²) in [4.78, 5) is 38.4. The molecule has 1 amide bonds. The molecule has 1 unspecified atom stereocenters. The predicted molar refractivity (Wildman–Crippen MR) is 105 cm³/mol. The number of aromatic nitrogens is 2. The van der Waals surface area contributed by atoms with Crippen molar-refractivity contribution in [2.75, 3.05) is 0 Å². The summed E-state index contributed by atoms with van der Waals surface area (Å²) in [5, 5.41) is 13.9. The highest BCUT2D eigenvalue weighted by atomic mass is 16.4. The van der Waals surface area contributed by atoms with Crippen molar-refractivity contribution < 1.29 is 14.7 Å². The van der Waals surface area contributed by atoms with E-state index in [-0.39, 0.29) is 30.8 Å². The van der Waals surface area contributed by atoms with E-state index in [1.807, 2.05) is 54.6 Å². The van der Waals surface area contributed by atoms with Gasteiger partial charge >= 0.3 is 5.97 Å². The molecule has 0 radical (unpaired) electrons. The normalized spacial score (nSPS) is 15.6. The van der Waals surface area contributed by atoms with Crippen LogP contribution in [0.15, 0.2) is 71.5 Å². The molecule has 0 fully saturated rings. The van der Waals surface area contributed by atoms with Crippen molar-refractivity contribution >= 4 is 11.9 Å². The minimum absolute atomic E-state index is 0.0474. The van der Waals surface area contributed by atoms with Gasteiger partial charge < -0.3 is 10.0 Å². The van der Waals surface area contributed by atoms with Crippen LogP contribution in [0.4, 0.5) is 0 Å². The highest BCUT2D eigenvalue weighted by Crippen LogP contribution is 2.24. The minimum atomic E-state index is -1.06. The smallest absolute Gasteiger partial charge is 0.326 e. The number of carbonyl (C=O) groups excluding carboxylic acids is 1. The number of carboxylic acid groups (broad SMARTS) is 1. The number of amides is 1. The standard InChI is InChI=1S/C22H19N3O4/c26-20-11-10-18(23-25(20)13-15-6-2-1-3-7-15)21(27)24-14-17-9-5-4-8-16(17)12-19(24)22(28)29/h1-11,19H,12-14H2,(H,28,29). The fraction of sp³-hybridized carbons (Fsp3) is 0.182. The maximum absolute atomic E-state index is 13.1. The van der Waals surface area contributed by atoms with E-state index in [0.29, 0.717) is 0 Å². The number of fused-ring (bicyclic) bond motifs is 1. The Bertz CT molecular complexity index is 1120. The molecule has 0 spiro atoms. The van der Waals surface area contributed by atoms with Crippen molar-refractivity contribution in [1.82, 2.24) is 14.7 Å². The number of carbonyl (C=O) groups is 2. The van der Waals surface area contributed by atoms with Crippen LogP contribution in [0.2, 0.25) is 0 Å². The van der Waals surface area contributed by atoms with E-state index in [0.717, 1.165) is 16.7 Å². The molecule has 7 nitrogen and oxygen atoms in total. The minimum Gasteiger partial charge on any atom is -0.480 e. The van der Waals surface area contributed by atoms with Gasteiger partial charge in [-0.3, -0.25) is 9.59 Å². The molecular weight excluding hydrogens is 370 g/mol. The Morgan fingerprint density at radius 3 is 2.38 bits per heavy atom. The van der Waals surface area contributed by atoms with Crippen LogP contribution in [0.5, 0.6) is 0 Å². The molecule has 2 aromatic carbocycles. The topological polar surface area (TPSA) is 92.5 Å². The van der Waals surface area contributed by atoms with Crippen molar-refractivity contribution in [2.24, 2.45) is 0 Å². The van der Waals surface area contributed by atoms with Gasteiger partial charge in [0.2, 0.25) is 0 Å². The van der Waals surface area contributed by atoms with Gasteiger partial charge in [0.15, 0.2) is 0 Å². The Balaban J connectivity index is 1.66. The maximum Gasteiger partial charge on any atom is 0.326 e. The number of benzene rings is 2. The van der Waals surface area contributed by atoms with Crippen molar-refractivity contribution in [3.05, 3.63) is 99.5 Å². The monoisotopic (exact) mass is 389 g/mol. The summed E-state index contributed by atoms with van der Waals surface area (Å²) >= 11 is 0. The van der Waals surface area contributed by atoms with Gasteiger partial charge in [0.25, 0.3) is 11.5 Å². The molecule has 0 saturated carbocycles. The van der Waals surface area contributed by atoms with E-state index >= 15 is 0 Å². The lowest BCUT2D eigenvalue weighted by molar-refractivity contribution is -0.142. The molecule has 7 heteroatoms. The van der Waals surface area contributed by atoms with Crippen LogP contribution >= 0.6 is 0 Å². The number of hydrogen-bond donors (Lipinski definition) is 1. The summed E-state index contributed by atoms with van der Waals surface area (Å²) in [7, 11) is 0. The van der Waals surface area contributed by atoms with Crippen molar-refractivity contribution in [1.29, 1.82) is 0 Å². The first kappa shape index (κ1) is 18.6. The summed E-state index contributed by atoms with van der Waals surface area (Å²) in [6.45, 7) is 0.414. The Hall–Kier alpha value is -3.74.